The molecule has 1 aliphatic heterocycles. The van der Waals surface area contributed by atoms with Crippen LogP contribution in [0.2, 0.25) is 0 Å². The van der Waals surface area contributed by atoms with Crippen LogP contribution >= 0.6 is 0 Å². The number of carbonyl (C=O) groups excluding carboxylic acids is 2. The van der Waals surface area contributed by atoms with Gasteiger partial charge in [0.05, 0.1) is 17.0 Å². The number of ether oxygens (including phenoxy) is 1. The predicted octanol–water partition coefficient (Wildman–Crippen LogP) is 1.92. The van der Waals surface area contributed by atoms with Crippen LogP contribution in [0.3, 0.4) is 0 Å². The fraction of sp³-hybridized carbons (Fsp3) is 0.312. The van der Waals surface area contributed by atoms with Crippen molar-refractivity contribution in [2.24, 2.45) is 5.92 Å². The number of nitrogens with one attached hydrogen (secondary N) is 1. The third kappa shape index (κ3) is 2.92. The van der Waals surface area contributed by atoms with E-state index in [2.05, 4.69) is 10.3 Å². The summed E-state index contributed by atoms with van der Waals surface area (Å²) in [5.74, 6) is -1.22. The van der Waals surface area contributed by atoms with Gasteiger partial charge in [0.2, 0.25) is 0 Å². The molecule has 1 saturated heterocycles. The molecule has 0 spiro atoms. The molecule has 21 heavy (non-hydrogen) atoms. The molecule has 2 aromatic rings. The lowest BCUT2D eigenvalue weighted by Crippen LogP contribution is -2.33. The van der Waals surface area contributed by atoms with Crippen LogP contribution in [-0.2, 0) is 9.53 Å². The minimum absolute atomic E-state index is 0.191. The highest BCUT2D eigenvalue weighted by atomic mass is 16.6. The van der Waals surface area contributed by atoms with Crippen molar-refractivity contribution in [1.29, 1.82) is 0 Å². The molecule has 0 saturated carbocycles. The van der Waals surface area contributed by atoms with Gasteiger partial charge in [-0.3, -0.25) is 9.78 Å². The number of hydrogen-bond acceptors (Lipinski definition) is 5. The predicted molar refractivity (Wildman–Crippen MR) is 77.8 cm³/mol. The quantitative estimate of drug-likeness (QED) is 0.674. The fourth-order valence-electron chi connectivity index (χ4n) is 2.56. The van der Waals surface area contributed by atoms with Crippen molar-refractivity contribution in [2.45, 2.75) is 12.8 Å². The standard InChI is InChI=1S/C16H16N2O3/c19-15(11-5-8-17-9-6-11)21-16(20)13-7-10-18-14-4-2-1-3-12(13)14/h1-4,7,10-11,17H,5-6,8-9H2. The zero-order chi connectivity index (χ0) is 14.7. The van der Waals surface area contributed by atoms with Gasteiger partial charge in [0.15, 0.2) is 0 Å². The lowest BCUT2D eigenvalue weighted by atomic mass is 9.98. The Kier molecular flexibility index (Phi) is 3.92. The number of aromatic nitrogens is 1. The summed E-state index contributed by atoms with van der Waals surface area (Å²) >= 11 is 0. The molecule has 0 bridgehead atoms. The second-order valence-corrected chi connectivity index (χ2v) is 5.11. The van der Waals surface area contributed by atoms with Crippen molar-refractivity contribution in [3.05, 3.63) is 42.1 Å². The number of fused-ring (bicyclic) bond motifs is 1. The van der Waals surface area contributed by atoms with Crippen LogP contribution in [0.25, 0.3) is 10.9 Å². The van der Waals surface area contributed by atoms with Gasteiger partial charge in [0, 0.05) is 11.6 Å². The van der Waals surface area contributed by atoms with Gasteiger partial charge in [-0.15, -0.1) is 0 Å². The minimum atomic E-state index is -0.600. The van der Waals surface area contributed by atoms with E-state index in [0.29, 0.717) is 29.3 Å². The van der Waals surface area contributed by atoms with Crippen LogP contribution in [0.5, 0.6) is 0 Å². The molecule has 1 aromatic carbocycles. The molecule has 0 aliphatic carbocycles. The van der Waals surface area contributed by atoms with E-state index >= 15 is 0 Å². The maximum atomic E-state index is 12.2. The number of benzene rings is 1. The van der Waals surface area contributed by atoms with Gasteiger partial charge in [-0.1, -0.05) is 18.2 Å². The van der Waals surface area contributed by atoms with Gasteiger partial charge in [0.25, 0.3) is 0 Å². The van der Waals surface area contributed by atoms with Crippen LogP contribution in [0.4, 0.5) is 0 Å². The normalized spacial score (nSPS) is 15.8. The topological polar surface area (TPSA) is 68.3 Å². The molecule has 5 nitrogen and oxygen atoms in total. The molecule has 0 amide bonds. The van der Waals surface area contributed by atoms with Crippen molar-refractivity contribution in [3.63, 3.8) is 0 Å². The van der Waals surface area contributed by atoms with Gasteiger partial charge in [0.1, 0.15) is 0 Å². The van der Waals surface area contributed by atoms with E-state index in [-0.39, 0.29) is 5.92 Å². The Bertz CT molecular complexity index is 673. The van der Waals surface area contributed by atoms with Crippen molar-refractivity contribution in [2.75, 3.05) is 13.1 Å². The summed E-state index contributed by atoms with van der Waals surface area (Å²) in [7, 11) is 0. The average Bonchev–Trinajstić information content (AvgIpc) is 2.55. The summed E-state index contributed by atoms with van der Waals surface area (Å²) in [6, 6.07) is 8.88. The van der Waals surface area contributed by atoms with Crippen molar-refractivity contribution in [3.8, 4) is 0 Å². The number of piperidine rings is 1. The number of carbonyl (C=O) groups is 2. The SMILES string of the molecule is O=C(OC(=O)C1CCNCC1)c1ccnc2ccccc12. The number of para-hydroxylation sites is 1. The first kappa shape index (κ1) is 13.7. The van der Waals surface area contributed by atoms with Crippen molar-refractivity contribution >= 4 is 22.8 Å². The van der Waals surface area contributed by atoms with E-state index in [4.69, 9.17) is 4.74 Å². The van der Waals surface area contributed by atoms with Gasteiger partial charge in [-0.25, -0.2) is 4.79 Å². The molecule has 1 N–H and O–H groups in total. The Morgan fingerprint density at radius 3 is 2.71 bits per heavy atom. The Morgan fingerprint density at radius 2 is 1.90 bits per heavy atom. The Morgan fingerprint density at radius 1 is 1.14 bits per heavy atom. The van der Waals surface area contributed by atoms with Crippen LogP contribution in [-0.4, -0.2) is 30.0 Å². The van der Waals surface area contributed by atoms with E-state index in [0.717, 1.165) is 13.1 Å². The van der Waals surface area contributed by atoms with Crippen LogP contribution in [0.15, 0.2) is 36.5 Å². The number of rotatable bonds is 2. The second-order valence-electron chi connectivity index (χ2n) is 5.11. The minimum Gasteiger partial charge on any atom is -0.389 e. The van der Waals surface area contributed by atoms with Crippen LogP contribution in [0, 0.1) is 5.92 Å². The largest absolute Gasteiger partial charge is 0.389 e. The van der Waals surface area contributed by atoms with Crippen LogP contribution in [0.1, 0.15) is 23.2 Å². The van der Waals surface area contributed by atoms with Gasteiger partial charge in [-0.2, -0.15) is 0 Å². The van der Waals surface area contributed by atoms with Gasteiger partial charge in [-0.05, 0) is 38.1 Å². The summed E-state index contributed by atoms with van der Waals surface area (Å²) in [6.45, 7) is 1.57. The van der Waals surface area contributed by atoms with Gasteiger partial charge >= 0.3 is 11.9 Å². The molecule has 5 heteroatoms. The Balaban J connectivity index is 1.79. The number of esters is 2. The third-order valence-corrected chi connectivity index (χ3v) is 3.73. The molecule has 0 unspecified atom stereocenters. The number of pyridine rings is 1. The smallest absolute Gasteiger partial charge is 0.346 e. The highest BCUT2D eigenvalue weighted by molar-refractivity contribution is 6.06. The zero-order valence-corrected chi connectivity index (χ0v) is 11.5. The van der Waals surface area contributed by atoms with Crippen molar-refractivity contribution in [1.82, 2.24) is 10.3 Å². The van der Waals surface area contributed by atoms with Crippen LogP contribution < -0.4 is 5.32 Å². The molecular formula is C16H16N2O3. The molecule has 0 atom stereocenters. The molecule has 1 aromatic heterocycles. The van der Waals surface area contributed by atoms with E-state index in [1.165, 1.54) is 0 Å². The first-order valence-corrected chi connectivity index (χ1v) is 7.06. The van der Waals surface area contributed by atoms with Gasteiger partial charge < -0.3 is 10.1 Å². The summed E-state index contributed by atoms with van der Waals surface area (Å²) in [5.41, 5.74) is 1.09. The maximum absolute atomic E-state index is 12.2. The molecule has 0 radical (unpaired) electrons. The number of nitrogens with zero attached hydrogens (tertiary/aromatic N) is 1. The Labute approximate surface area is 122 Å². The molecule has 108 valence electrons. The molecule has 2 heterocycles. The summed E-state index contributed by atoms with van der Waals surface area (Å²) in [4.78, 5) is 28.4. The maximum Gasteiger partial charge on any atom is 0.346 e. The molecular weight excluding hydrogens is 268 g/mol. The lowest BCUT2D eigenvalue weighted by Gasteiger charge is -2.20. The molecule has 1 aliphatic rings. The zero-order valence-electron chi connectivity index (χ0n) is 11.5. The number of hydrogen-bond donors (Lipinski definition) is 1. The first-order valence-electron chi connectivity index (χ1n) is 7.06. The third-order valence-electron chi connectivity index (χ3n) is 3.73. The molecule has 3 rings (SSSR count). The van der Waals surface area contributed by atoms with E-state index < -0.39 is 11.9 Å². The van der Waals surface area contributed by atoms with E-state index in [1.54, 1.807) is 18.3 Å². The lowest BCUT2D eigenvalue weighted by molar-refractivity contribution is -0.143. The average molecular weight is 284 g/mol. The monoisotopic (exact) mass is 284 g/mol. The summed E-state index contributed by atoms with van der Waals surface area (Å²) in [6.07, 6.45) is 2.97. The second kappa shape index (κ2) is 6.01. The highest BCUT2D eigenvalue weighted by Crippen LogP contribution is 2.19. The summed E-state index contributed by atoms with van der Waals surface area (Å²) in [5, 5.41) is 3.88. The fourth-order valence-corrected chi connectivity index (χ4v) is 2.56. The summed E-state index contributed by atoms with van der Waals surface area (Å²) < 4.78 is 5.05. The highest BCUT2D eigenvalue weighted by Gasteiger charge is 2.25. The van der Waals surface area contributed by atoms with E-state index in [1.807, 2.05) is 18.2 Å². The molecule has 1 fully saturated rings. The van der Waals surface area contributed by atoms with Crippen molar-refractivity contribution < 1.29 is 14.3 Å². The first-order chi connectivity index (χ1) is 10.3. The Hall–Kier alpha value is -2.27. The van der Waals surface area contributed by atoms with E-state index in [9.17, 15) is 9.59 Å².